The Morgan fingerprint density at radius 3 is 2.46 bits per heavy atom. The van der Waals surface area contributed by atoms with Crippen LogP contribution in [0.3, 0.4) is 0 Å². The molecule has 8 rings (SSSR count). The highest BCUT2D eigenvalue weighted by atomic mass is 35.5. The summed E-state index contributed by atoms with van der Waals surface area (Å²) in [5, 5.41) is 10.6. The van der Waals surface area contributed by atoms with Gasteiger partial charge in [-0.3, -0.25) is 28.2 Å². The van der Waals surface area contributed by atoms with E-state index >= 15 is 8.78 Å². The Balaban J connectivity index is 1.31. The van der Waals surface area contributed by atoms with E-state index in [1.54, 1.807) is 7.11 Å². The minimum atomic E-state index is -3.92. The zero-order valence-electron chi connectivity index (χ0n) is 34.0. The molecule has 15 nitrogen and oxygen atoms in total. The van der Waals surface area contributed by atoms with Gasteiger partial charge in [0.05, 0.1) is 51.5 Å². The van der Waals surface area contributed by atoms with Crippen LogP contribution < -0.4 is 20.3 Å². The van der Waals surface area contributed by atoms with Crippen LogP contribution in [0.25, 0.3) is 27.6 Å². The molecule has 0 spiro atoms. The number of ether oxygens (including phenoxy) is 2. The summed E-state index contributed by atoms with van der Waals surface area (Å²) in [5.41, 5.74) is -3.53. The number of hydrogen-bond acceptors (Lipinski definition) is 10. The first-order valence-corrected chi connectivity index (χ1v) is 21.6. The van der Waals surface area contributed by atoms with Gasteiger partial charge in [-0.1, -0.05) is 11.6 Å². The number of rotatable bonds is 15. The largest absolute Gasteiger partial charge is 0.477 e. The summed E-state index contributed by atoms with van der Waals surface area (Å²) in [7, 11) is -0.940. The minimum absolute atomic E-state index is 0.0125. The predicted octanol–water partition coefficient (Wildman–Crippen LogP) is 6.61. The average molecular weight is 922 g/mol. The van der Waals surface area contributed by atoms with Crippen molar-refractivity contribution in [3.8, 4) is 11.6 Å². The molecule has 4 aromatic heterocycles. The lowest BCUT2D eigenvalue weighted by atomic mass is 10.0. The highest BCUT2D eigenvalue weighted by Gasteiger charge is 2.67. The number of fused-ring (bicyclic) bond motifs is 5. The van der Waals surface area contributed by atoms with Crippen LogP contribution in [0.4, 0.5) is 32.2 Å². The molecule has 0 unspecified atom stereocenters. The lowest BCUT2D eigenvalue weighted by Gasteiger charge is -2.24. The molecule has 6 aromatic rings. The van der Waals surface area contributed by atoms with Crippen LogP contribution in [-0.4, -0.2) is 74.0 Å². The van der Waals surface area contributed by atoms with Crippen molar-refractivity contribution in [1.29, 1.82) is 0 Å². The fraction of sp³-hybridized carbons (Fsp3) is 0.400. The molecule has 2 aromatic carbocycles. The topological polar surface area (TPSA) is 177 Å². The molecule has 23 heteroatoms. The lowest BCUT2D eigenvalue weighted by Crippen LogP contribution is -2.38. The Bertz CT molecular complexity index is 2990. The van der Waals surface area contributed by atoms with Crippen molar-refractivity contribution in [3.63, 3.8) is 0 Å². The Hall–Kier alpha value is -5.74. The molecule has 63 heavy (non-hydrogen) atoms. The van der Waals surface area contributed by atoms with Crippen LogP contribution in [0.5, 0.6) is 5.88 Å². The van der Waals surface area contributed by atoms with Gasteiger partial charge in [-0.25, -0.2) is 31.0 Å². The number of hydrogen-bond donors (Lipinski definition) is 2. The van der Waals surface area contributed by atoms with E-state index in [2.05, 4.69) is 25.2 Å². The summed E-state index contributed by atoms with van der Waals surface area (Å²) >= 11 is 6.61. The van der Waals surface area contributed by atoms with Crippen LogP contribution >= 0.6 is 11.6 Å². The Morgan fingerprint density at radius 1 is 1.08 bits per heavy atom. The molecule has 1 amide bonds. The number of sulfonamides is 1. The minimum Gasteiger partial charge on any atom is -0.477 e. The molecule has 0 bridgehead atoms. The number of aryl methyl sites for hydroxylation is 1. The Morgan fingerprint density at radius 2 is 1.79 bits per heavy atom. The molecule has 2 N–H and O–H groups in total. The van der Waals surface area contributed by atoms with Crippen molar-refractivity contribution >= 4 is 55.3 Å². The maximum atomic E-state index is 15.5. The third-order valence-electron chi connectivity index (χ3n) is 11.1. The molecule has 1 saturated carbocycles. The maximum absolute atomic E-state index is 15.5. The SMILES string of the molecule is COC(C)(C)CCOc1ccc2c(=O)n(-c3ccc(Cl)c4c(NS(C)(=O)=O)nn(C)c34)c([C@H](Cc3cc(F)cc(F)c3)NC(=O)Cn3nc(C(F)F)c4c3C(F)(F)[C@@H]3C[C@H]43)nc2n1. The van der Waals surface area contributed by atoms with Gasteiger partial charge in [0, 0.05) is 50.6 Å². The molecular weight excluding hydrogens is 884 g/mol. The third-order valence-corrected chi connectivity index (χ3v) is 12.0. The Labute approximate surface area is 359 Å². The highest BCUT2D eigenvalue weighted by Crippen LogP contribution is 2.68. The van der Waals surface area contributed by atoms with E-state index in [1.807, 2.05) is 13.8 Å². The molecule has 334 valence electrons. The van der Waals surface area contributed by atoms with Gasteiger partial charge in [-0.2, -0.15) is 24.0 Å². The first kappa shape index (κ1) is 43.9. The van der Waals surface area contributed by atoms with Crippen LogP contribution in [0.2, 0.25) is 5.02 Å². The van der Waals surface area contributed by atoms with E-state index in [1.165, 1.54) is 36.0 Å². The normalized spacial score (nSPS) is 17.3. The quantitative estimate of drug-likeness (QED) is 0.107. The van der Waals surface area contributed by atoms with Crippen molar-refractivity contribution in [1.82, 2.24) is 39.4 Å². The smallest absolute Gasteiger partial charge is 0.293 e. The Kier molecular flexibility index (Phi) is 11.0. The molecule has 0 saturated heterocycles. The monoisotopic (exact) mass is 921 g/mol. The van der Waals surface area contributed by atoms with E-state index in [-0.39, 0.29) is 74.3 Å². The number of alkyl halides is 4. The van der Waals surface area contributed by atoms with Crippen LogP contribution in [0.15, 0.2) is 47.3 Å². The summed E-state index contributed by atoms with van der Waals surface area (Å²) in [4.78, 5) is 38.2. The van der Waals surface area contributed by atoms with Crippen LogP contribution in [-0.2, 0) is 45.5 Å². The number of halogens is 7. The zero-order chi connectivity index (χ0) is 45.5. The molecular formula is C40H38ClF6N9O6S. The molecule has 2 aliphatic rings. The first-order chi connectivity index (χ1) is 29.6. The number of carbonyl (C=O) groups excluding carboxylic acids is 1. The van der Waals surface area contributed by atoms with E-state index < -0.39 is 93.3 Å². The van der Waals surface area contributed by atoms with E-state index in [0.29, 0.717) is 17.2 Å². The van der Waals surface area contributed by atoms with Crippen molar-refractivity contribution in [2.45, 2.75) is 69.6 Å². The second-order valence-electron chi connectivity index (χ2n) is 16.1. The average Bonchev–Trinajstić information content (AvgIpc) is 3.73. The van der Waals surface area contributed by atoms with Gasteiger partial charge in [0.25, 0.3) is 17.9 Å². The molecule has 4 heterocycles. The molecule has 2 aliphatic carbocycles. The van der Waals surface area contributed by atoms with E-state index in [0.717, 1.165) is 23.0 Å². The van der Waals surface area contributed by atoms with E-state index in [4.69, 9.17) is 26.1 Å². The van der Waals surface area contributed by atoms with E-state index in [9.17, 15) is 35.6 Å². The molecule has 0 aliphatic heterocycles. The molecule has 0 radical (unpaired) electrons. The summed E-state index contributed by atoms with van der Waals surface area (Å²) in [6.45, 7) is 2.82. The van der Waals surface area contributed by atoms with Crippen molar-refractivity contribution in [2.75, 3.05) is 24.7 Å². The number of anilines is 1. The van der Waals surface area contributed by atoms with Gasteiger partial charge in [-0.15, -0.1) is 0 Å². The van der Waals surface area contributed by atoms with Crippen molar-refractivity contribution < 1.29 is 49.0 Å². The standard InChI is InChI=1S/C40H38ClF6N9O6S/c1-39(2,61-4)10-11-62-28-9-6-21-35(49-28)50-37(56(38(21)58)26-8-7-24(41)30-32(26)54(3)52-36(30)53-63(5,59)60)25(14-18-12-19(42)15-20(43)13-18)48-27(57)17-55-33-29(31(51-55)34(44)45)22-16-23(22)40(33,46)47/h6-9,12-13,15,22-23,25,34H,10-11,14,16-17H2,1-5H3,(H,48,57)(H,52,53)/t22-,23+,25-/m0/s1. The van der Waals surface area contributed by atoms with Gasteiger partial charge in [0.15, 0.2) is 11.5 Å². The third kappa shape index (κ3) is 8.30. The summed E-state index contributed by atoms with van der Waals surface area (Å²) < 4.78 is 130. The van der Waals surface area contributed by atoms with Gasteiger partial charge < -0.3 is 14.8 Å². The second kappa shape index (κ2) is 15.8. The van der Waals surface area contributed by atoms with Crippen LogP contribution in [0, 0.1) is 17.6 Å². The summed E-state index contributed by atoms with van der Waals surface area (Å²) in [5.74, 6) is -9.17. The predicted molar refractivity (Wildman–Crippen MR) is 217 cm³/mol. The highest BCUT2D eigenvalue weighted by molar-refractivity contribution is 7.92. The number of pyridine rings is 1. The van der Waals surface area contributed by atoms with Crippen LogP contribution in [0.1, 0.15) is 73.4 Å². The molecule has 3 atom stereocenters. The fourth-order valence-electron chi connectivity index (χ4n) is 8.03. The van der Waals surface area contributed by atoms with Gasteiger partial charge in [-0.05, 0) is 62.1 Å². The number of methoxy groups -OCH3 is 1. The number of aromatic nitrogens is 7. The summed E-state index contributed by atoms with van der Waals surface area (Å²) in [6.07, 6.45) is -2.40. The van der Waals surface area contributed by atoms with Crippen molar-refractivity contribution in [3.05, 3.63) is 97.8 Å². The number of nitrogens with one attached hydrogen (secondary N) is 2. The summed E-state index contributed by atoms with van der Waals surface area (Å²) in [6, 6.07) is 6.53. The molecule has 1 fully saturated rings. The number of benzene rings is 2. The number of amides is 1. The zero-order valence-corrected chi connectivity index (χ0v) is 35.6. The first-order valence-electron chi connectivity index (χ1n) is 19.3. The van der Waals surface area contributed by atoms with Gasteiger partial charge in [0.2, 0.25) is 21.8 Å². The fourth-order valence-corrected chi connectivity index (χ4v) is 8.76. The number of carbonyl (C=O) groups is 1. The maximum Gasteiger partial charge on any atom is 0.293 e. The lowest BCUT2D eigenvalue weighted by molar-refractivity contribution is -0.123. The number of nitrogens with zero attached hydrogens (tertiary/aromatic N) is 7. The van der Waals surface area contributed by atoms with Crippen molar-refractivity contribution in [2.24, 2.45) is 13.0 Å². The van der Waals surface area contributed by atoms with Gasteiger partial charge in [0.1, 0.15) is 35.4 Å². The second-order valence-corrected chi connectivity index (χ2v) is 18.3. The van der Waals surface area contributed by atoms with Gasteiger partial charge >= 0.3 is 0 Å².